The molecule has 4 aromatic rings. The Kier molecular flexibility index (Phi) is 5.68. The van der Waals surface area contributed by atoms with Gasteiger partial charge < -0.3 is 9.55 Å². The fraction of sp³-hybridized carbons (Fsp3) is 0.143. The lowest BCUT2D eigenvalue weighted by Gasteiger charge is -2.07. The number of fused-ring (bicyclic) bond motifs is 1. The van der Waals surface area contributed by atoms with Gasteiger partial charge in [0.1, 0.15) is 5.82 Å². The Labute approximate surface area is 160 Å². The summed E-state index contributed by atoms with van der Waals surface area (Å²) >= 11 is 3.46. The minimum absolute atomic E-state index is 0.111. The van der Waals surface area contributed by atoms with Crippen LogP contribution in [0.25, 0.3) is 16.6 Å². The van der Waals surface area contributed by atoms with Gasteiger partial charge in [0, 0.05) is 29.0 Å². The Hall–Kier alpha value is -2.66. The van der Waals surface area contributed by atoms with Gasteiger partial charge in [0.15, 0.2) is 0 Å². The van der Waals surface area contributed by atoms with Crippen LogP contribution < -0.4 is 5.56 Å². The lowest BCUT2D eigenvalue weighted by molar-refractivity contribution is 0.969. The molecule has 0 bridgehead atoms. The van der Waals surface area contributed by atoms with Crippen LogP contribution in [-0.2, 0) is 6.42 Å². The zero-order chi connectivity index (χ0) is 18.5. The summed E-state index contributed by atoms with van der Waals surface area (Å²) in [6.45, 7) is 4.00. The molecule has 0 radical (unpaired) electrons. The van der Waals surface area contributed by atoms with Crippen LogP contribution in [-0.4, -0.2) is 14.5 Å². The number of hydrogen-bond acceptors (Lipinski definition) is 2. The van der Waals surface area contributed by atoms with Crippen LogP contribution in [0.3, 0.4) is 0 Å². The molecule has 5 heteroatoms. The molecule has 4 nitrogen and oxygen atoms in total. The number of H-pyrrole nitrogens is 1. The van der Waals surface area contributed by atoms with Crippen molar-refractivity contribution in [3.8, 4) is 5.69 Å². The molecular formula is C21H20BrN3O. The van der Waals surface area contributed by atoms with Gasteiger partial charge in [0.05, 0.1) is 10.9 Å². The molecule has 132 valence electrons. The summed E-state index contributed by atoms with van der Waals surface area (Å²) in [6.07, 6.45) is 4.60. The number of aromatic nitrogens is 3. The lowest BCUT2D eigenvalue weighted by atomic mass is 10.1. The molecule has 0 atom stereocenters. The highest BCUT2D eigenvalue weighted by molar-refractivity contribution is 9.10. The number of benzene rings is 2. The number of para-hydroxylation sites is 1. The van der Waals surface area contributed by atoms with E-state index in [9.17, 15) is 4.79 Å². The van der Waals surface area contributed by atoms with E-state index in [0.29, 0.717) is 23.1 Å². The minimum atomic E-state index is -0.111. The number of halogens is 1. The molecule has 0 unspecified atom stereocenters. The van der Waals surface area contributed by atoms with Crippen molar-refractivity contribution in [3.05, 3.63) is 93.2 Å². The molecule has 0 fully saturated rings. The smallest absolute Gasteiger partial charge is 0.258 e. The van der Waals surface area contributed by atoms with Gasteiger partial charge in [-0.15, -0.1) is 0 Å². The van der Waals surface area contributed by atoms with Gasteiger partial charge in [0.2, 0.25) is 0 Å². The van der Waals surface area contributed by atoms with Crippen LogP contribution in [0.2, 0.25) is 0 Å². The van der Waals surface area contributed by atoms with Crippen LogP contribution in [0.15, 0.2) is 76.3 Å². The van der Waals surface area contributed by atoms with Crippen LogP contribution in [0.1, 0.15) is 25.2 Å². The van der Waals surface area contributed by atoms with Crippen molar-refractivity contribution in [2.24, 2.45) is 0 Å². The minimum Gasteiger partial charge on any atom is -0.324 e. The maximum absolute atomic E-state index is 12.2. The molecule has 2 heterocycles. The van der Waals surface area contributed by atoms with Crippen LogP contribution in [0.5, 0.6) is 0 Å². The predicted octanol–water partition coefficient (Wildman–Crippen LogP) is 5.09. The van der Waals surface area contributed by atoms with Crippen molar-refractivity contribution in [2.45, 2.75) is 20.3 Å². The summed E-state index contributed by atoms with van der Waals surface area (Å²) in [6, 6.07) is 17.7. The van der Waals surface area contributed by atoms with Crippen molar-refractivity contribution in [1.29, 1.82) is 0 Å². The second kappa shape index (κ2) is 8.15. The highest BCUT2D eigenvalue weighted by Crippen LogP contribution is 2.20. The van der Waals surface area contributed by atoms with Crippen molar-refractivity contribution in [2.75, 3.05) is 0 Å². The highest BCUT2D eigenvalue weighted by Gasteiger charge is 2.07. The average molecular weight is 410 g/mol. The fourth-order valence-electron chi connectivity index (χ4n) is 2.74. The zero-order valence-electron chi connectivity index (χ0n) is 14.7. The first-order chi connectivity index (χ1) is 12.7. The van der Waals surface area contributed by atoms with Crippen LogP contribution in [0, 0.1) is 0 Å². The molecular weight excluding hydrogens is 390 g/mol. The first-order valence-corrected chi connectivity index (χ1v) is 9.40. The monoisotopic (exact) mass is 409 g/mol. The lowest BCUT2D eigenvalue weighted by Crippen LogP contribution is -2.12. The average Bonchev–Trinajstić information content (AvgIpc) is 3.20. The van der Waals surface area contributed by atoms with E-state index in [1.54, 1.807) is 6.07 Å². The molecule has 0 aliphatic carbocycles. The molecule has 0 aliphatic heterocycles. The summed E-state index contributed by atoms with van der Waals surface area (Å²) in [4.78, 5) is 19.7. The van der Waals surface area contributed by atoms with Gasteiger partial charge in [-0.25, -0.2) is 4.98 Å². The van der Waals surface area contributed by atoms with Crippen molar-refractivity contribution in [3.63, 3.8) is 0 Å². The van der Waals surface area contributed by atoms with E-state index in [-0.39, 0.29) is 5.56 Å². The summed E-state index contributed by atoms with van der Waals surface area (Å²) < 4.78 is 2.88. The zero-order valence-corrected chi connectivity index (χ0v) is 16.3. The molecule has 0 saturated carbocycles. The van der Waals surface area contributed by atoms with E-state index in [2.05, 4.69) is 54.7 Å². The summed E-state index contributed by atoms with van der Waals surface area (Å²) in [7, 11) is 0. The largest absolute Gasteiger partial charge is 0.324 e. The maximum atomic E-state index is 12.2. The summed E-state index contributed by atoms with van der Waals surface area (Å²) in [5.41, 5.74) is 2.78. The number of nitrogens with one attached hydrogen (secondary N) is 1. The molecule has 0 amide bonds. The number of nitrogens with zero attached hydrogens (tertiary/aromatic N) is 2. The van der Waals surface area contributed by atoms with Crippen LogP contribution in [0.4, 0.5) is 0 Å². The van der Waals surface area contributed by atoms with Gasteiger partial charge >= 0.3 is 0 Å². The third kappa shape index (κ3) is 3.78. The number of hydrogen-bond donors (Lipinski definition) is 1. The molecule has 4 rings (SSSR count). The standard InChI is InChI=1S/C19H14BrN3O.C2H6/c20-16-5-3-4-15-18(16)21-17(22-19(15)24)12-13-6-8-14(9-7-13)23-10-1-2-11-23;1-2/h1-11H,12H2,(H,21,22,24);1-2H3. The van der Waals surface area contributed by atoms with Gasteiger partial charge in [0.25, 0.3) is 5.56 Å². The van der Waals surface area contributed by atoms with E-state index in [1.165, 1.54) is 0 Å². The van der Waals surface area contributed by atoms with E-state index >= 15 is 0 Å². The number of aromatic amines is 1. The van der Waals surface area contributed by atoms with Crippen molar-refractivity contribution >= 4 is 26.8 Å². The van der Waals surface area contributed by atoms with Crippen molar-refractivity contribution in [1.82, 2.24) is 14.5 Å². The topological polar surface area (TPSA) is 50.7 Å². The van der Waals surface area contributed by atoms with E-state index < -0.39 is 0 Å². The molecule has 0 saturated heterocycles. The molecule has 1 N–H and O–H groups in total. The van der Waals surface area contributed by atoms with Crippen molar-refractivity contribution < 1.29 is 0 Å². The summed E-state index contributed by atoms with van der Waals surface area (Å²) in [5, 5.41) is 0.594. The third-order valence-corrected chi connectivity index (χ3v) is 4.59. The van der Waals surface area contributed by atoms with E-state index in [0.717, 1.165) is 15.7 Å². The molecule has 26 heavy (non-hydrogen) atoms. The Morgan fingerprint density at radius 1 is 1.00 bits per heavy atom. The second-order valence-corrected chi connectivity index (χ2v) is 6.44. The third-order valence-electron chi connectivity index (χ3n) is 3.95. The molecule has 2 aromatic carbocycles. The second-order valence-electron chi connectivity index (χ2n) is 5.58. The SMILES string of the molecule is CC.O=c1[nH]c(Cc2ccc(-n3cccc3)cc2)nc2c(Br)cccc12. The van der Waals surface area contributed by atoms with E-state index in [1.807, 2.05) is 50.5 Å². The first kappa shape index (κ1) is 18.1. The van der Waals surface area contributed by atoms with Gasteiger partial charge in [-0.2, -0.15) is 0 Å². The normalized spacial score (nSPS) is 10.4. The summed E-state index contributed by atoms with van der Waals surface area (Å²) in [5.74, 6) is 0.660. The van der Waals surface area contributed by atoms with E-state index in [4.69, 9.17) is 0 Å². The van der Waals surface area contributed by atoms with Gasteiger partial charge in [-0.05, 0) is 57.9 Å². The van der Waals surface area contributed by atoms with Gasteiger partial charge in [-0.1, -0.05) is 32.0 Å². The Balaban J connectivity index is 0.000000948. The quantitative estimate of drug-likeness (QED) is 0.511. The molecule has 0 spiro atoms. The Morgan fingerprint density at radius 3 is 2.38 bits per heavy atom. The predicted molar refractivity (Wildman–Crippen MR) is 110 cm³/mol. The number of rotatable bonds is 3. The fourth-order valence-corrected chi connectivity index (χ4v) is 3.20. The molecule has 2 aromatic heterocycles. The first-order valence-electron chi connectivity index (χ1n) is 8.60. The van der Waals surface area contributed by atoms with Crippen LogP contribution >= 0.6 is 15.9 Å². The van der Waals surface area contributed by atoms with Gasteiger partial charge in [-0.3, -0.25) is 4.79 Å². The molecule has 0 aliphatic rings. The Morgan fingerprint density at radius 2 is 1.69 bits per heavy atom. The highest BCUT2D eigenvalue weighted by atomic mass is 79.9. The Bertz CT molecular complexity index is 1050. The maximum Gasteiger partial charge on any atom is 0.258 e.